The summed E-state index contributed by atoms with van der Waals surface area (Å²) < 4.78 is 6.37. The van der Waals surface area contributed by atoms with Gasteiger partial charge in [0.2, 0.25) is 0 Å². The summed E-state index contributed by atoms with van der Waals surface area (Å²) >= 11 is 1.49. The molecule has 19 heavy (non-hydrogen) atoms. The first-order chi connectivity index (χ1) is 9.33. The van der Waals surface area contributed by atoms with Crippen molar-refractivity contribution in [3.05, 3.63) is 29.3 Å². The Labute approximate surface area is 116 Å². The number of para-hydroxylation sites is 1. The van der Waals surface area contributed by atoms with Crippen molar-refractivity contribution in [3.8, 4) is 0 Å². The van der Waals surface area contributed by atoms with Gasteiger partial charge in [0.1, 0.15) is 0 Å². The van der Waals surface area contributed by atoms with Gasteiger partial charge in [-0.2, -0.15) is 0 Å². The lowest BCUT2D eigenvalue weighted by molar-refractivity contribution is 0.0370. The second kappa shape index (κ2) is 5.77. The number of nitrogens with zero attached hydrogens (tertiary/aromatic N) is 2. The summed E-state index contributed by atoms with van der Waals surface area (Å²) in [5.41, 5.74) is 0.919. The van der Waals surface area contributed by atoms with E-state index in [2.05, 4.69) is 9.88 Å². The van der Waals surface area contributed by atoms with Gasteiger partial charge in [0, 0.05) is 26.1 Å². The maximum Gasteiger partial charge on any atom is 0.192 e. The number of carbonyl (C=O) groups excluding carboxylic acids is 1. The molecule has 100 valence electrons. The van der Waals surface area contributed by atoms with E-state index in [1.54, 1.807) is 0 Å². The van der Waals surface area contributed by atoms with Crippen molar-refractivity contribution >= 4 is 27.3 Å². The molecule has 5 heteroatoms. The highest BCUT2D eigenvalue weighted by molar-refractivity contribution is 7.20. The van der Waals surface area contributed by atoms with Crippen molar-refractivity contribution in [1.82, 2.24) is 9.88 Å². The summed E-state index contributed by atoms with van der Waals surface area (Å²) in [6, 6.07) is 7.88. The standard InChI is InChI=1S/C14H16N2O2S/c17-12(5-6-16-7-9-18-10-8-16)14-15-11-3-1-2-4-13(11)19-14/h1-4H,5-10H2. The summed E-state index contributed by atoms with van der Waals surface area (Å²) in [5, 5.41) is 0.634. The zero-order valence-electron chi connectivity index (χ0n) is 10.7. The van der Waals surface area contributed by atoms with Gasteiger partial charge in [0.25, 0.3) is 0 Å². The van der Waals surface area contributed by atoms with Gasteiger partial charge in [-0.15, -0.1) is 11.3 Å². The first-order valence-corrected chi connectivity index (χ1v) is 7.33. The van der Waals surface area contributed by atoms with Crippen molar-refractivity contribution in [2.24, 2.45) is 0 Å². The number of carbonyl (C=O) groups is 1. The Morgan fingerprint density at radius 2 is 2.11 bits per heavy atom. The molecule has 0 amide bonds. The highest BCUT2D eigenvalue weighted by Gasteiger charge is 2.15. The van der Waals surface area contributed by atoms with E-state index in [1.807, 2.05) is 24.3 Å². The molecule has 0 spiro atoms. The van der Waals surface area contributed by atoms with Gasteiger partial charge in [-0.3, -0.25) is 9.69 Å². The van der Waals surface area contributed by atoms with E-state index in [4.69, 9.17) is 4.74 Å². The smallest absolute Gasteiger partial charge is 0.192 e. The lowest BCUT2D eigenvalue weighted by Gasteiger charge is -2.25. The predicted molar refractivity (Wildman–Crippen MR) is 75.8 cm³/mol. The third-order valence-electron chi connectivity index (χ3n) is 3.29. The van der Waals surface area contributed by atoms with Crippen LogP contribution in [-0.4, -0.2) is 48.5 Å². The summed E-state index contributed by atoms with van der Waals surface area (Å²) in [4.78, 5) is 18.8. The number of benzene rings is 1. The first-order valence-electron chi connectivity index (χ1n) is 6.52. The van der Waals surface area contributed by atoms with Crippen molar-refractivity contribution in [2.45, 2.75) is 6.42 Å². The van der Waals surface area contributed by atoms with Crippen LogP contribution in [0, 0.1) is 0 Å². The Hall–Kier alpha value is -1.30. The average molecular weight is 276 g/mol. The number of rotatable bonds is 4. The number of aromatic nitrogens is 1. The molecule has 1 saturated heterocycles. The maximum absolute atomic E-state index is 12.1. The molecule has 4 nitrogen and oxygen atoms in total. The quantitative estimate of drug-likeness (QED) is 0.803. The fourth-order valence-corrected chi connectivity index (χ4v) is 3.12. The van der Waals surface area contributed by atoms with Crippen molar-refractivity contribution in [3.63, 3.8) is 0 Å². The number of fused-ring (bicyclic) bond motifs is 1. The van der Waals surface area contributed by atoms with E-state index in [0.717, 1.165) is 43.1 Å². The molecule has 0 saturated carbocycles. The third-order valence-corrected chi connectivity index (χ3v) is 4.37. The van der Waals surface area contributed by atoms with Crippen LogP contribution >= 0.6 is 11.3 Å². The van der Waals surface area contributed by atoms with E-state index in [-0.39, 0.29) is 5.78 Å². The zero-order chi connectivity index (χ0) is 13.1. The summed E-state index contributed by atoms with van der Waals surface area (Å²) in [7, 11) is 0. The molecular weight excluding hydrogens is 260 g/mol. The number of ether oxygens (including phenoxy) is 1. The van der Waals surface area contributed by atoms with Gasteiger partial charge in [-0.1, -0.05) is 12.1 Å². The monoisotopic (exact) mass is 276 g/mol. The second-order valence-corrected chi connectivity index (χ2v) is 5.64. The number of thiazole rings is 1. The average Bonchev–Trinajstić information content (AvgIpc) is 2.90. The Kier molecular flexibility index (Phi) is 3.87. The Bertz CT molecular complexity index is 543. The molecule has 2 aromatic rings. The largest absolute Gasteiger partial charge is 0.379 e. The van der Waals surface area contributed by atoms with Crippen LogP contribution in [0.2, 0.25) is 0 Å². The predicted octanol–water partition coefficient (Wildman–Crippen LogP) is 2.20. The first kappa shape index (κ1) is 12.7. The van der Waals surface area contributed by atoms with Gasteiger partial charge in [0.05, 0.1) is 23.4 Å². The third kappa shape index (κ3) is 3.00. The number of ketones is 1. The van der Waals surface area contributed by atoms with Crippen molar-refractivity contribution < 1.29 is 9.53 Å². The minimum atomic E-state index is 0.146. The lowest BCUT2D eigenvalue weighted by Crippen LogP contribution is -2.37. The molecule has 1 aromatic carbocycles. The van der Waals surface area contributed by atoms with Gasteiger partial charge in [-0.05, 0) is 12.1 Å². The molecule has 1 aliphatic heterocycles. The fraction of sp³-hybridized carbons (Fsp3) is 0.429. The van der Waals surface area contributed by atoms with E-state index < -0.39 is 0 Å². The highest BCUT2D eigenvalue weighted by Crippen LogP contribution is 2.22. The van der Waals surface area contributed by atoms with E-state index in [0.29, 0.717) is 11.4 Å². The number of Topliss-reactive ketones (excluding diaryl/α,β-unsaturated/α-hetero) is 1. The topological polar surface area (TPSA) is 42.4 Å². The molecule has 0 unspecified atom stereocenters. The van der Waals surface area contributed by atoms with Crippen LogP contribution in [0.5, 0.6) is 0 Å². The van der Waals surface area contributed by atoms with Gasteiger partial charge in [0.15, 0.2) is 10.8 Å². The molecule has 0 aliphatic carbocycles. The molecule has 0 atom stereocenters. The Balaban J connectivity index is 1.63. The van der Waals surface area contributed by atoms with Crippen molar-refractivity contribution in [2.75, 3.05) is 32.8 Å². The van der Waals surface area contributed by atoms with Crippen LogP contribution in [0.15, 0.2) is 24.3 Å². The van der Waals surface area contributed by atoms with Crippen LogP contribution in [0.25, 0.3) is 10.2 Å². The van der Waals surface area contributed by atoms with Crippen LogP contribution in [0.3, 0.4) is 0 Å². The molecule has 1 aliphatic rings. The fourth-order valence-electron chi connectivity index (χ4n) is 2.18. The van der Waals surface area contributed by atoms with Crippen LogP contribution in [-0.2, 0) is 4.74 Å². The molecule has 1 fully saturated rings. The number of hydrogen-bond donors (Lipinski definition) is 0. The van der Waals surface area contributed by atoms with E-state index >= 15 is 0 Å². The summed E-state index contributed by atoms with van der Waals surface area (Å²) in [6.07, 6.45) is 0.541. The normalized spacial score (nSPS) is 16.8. The van der Waals surface area contributed by atoms with Gasteiger partial charge >= 0.3 is 0 Å². The molecule has 0 N–H and O–H groups in total. The molecular formula is C14H16N2O2S. The minimum Gasteiger partial charge on any atom is -0.379 e. The lowest BCUT2D eigenvalue weighted by atomic mass is 10.2. The van der Waals surface area contributed by atoms with Gasteiger partial charge in [-0.25, -0.2) is 4.98 Å². The summed E-state index contributed by atoms with van der Waals surface area (Å²) in [6.45, 7) is 4.20. The van der Waals surface area contributed by atoms with E-state index in [9.17, 15) is 4.79 Å². The summed E-state index contributed by atoms with van der Waals surface area (Å²) in [5.74, 6) is 0.146. The zero-order valence-corrected chi connectivity index (χ0v) is 11.5. The molecule has 0 bridgehead atoms. The van der Waals surface area contributed by atoms with Crippen LogP contribution in [0.4, 0.5) is 0 Å². The molecule has 2 heterocycles. The minimum absolute atomic E-state index is 0.146. The maximum atomic E-state index is 12.1. The van der Waals surface area contributed by atoms with Crippen LogP contribution in [0.1, 0.15) is 16.2 Å². The molecule has 1 aromatic heterocycles. The number of hydrogen-bond acceptors (Lipinski definition) is 5. The van der Waals surface area contributed by atoms with E-state index in [1.165, 1.54) is 11.3 Å². The number of morpholine rings is 1. The highest BCUT2D eigenvalue weighted by atomic mass is 32.1. The molecule has 0 radical (unpaired) electrons. The van der Waals surface area contributed by atoms with Crippen LogP contribution < -0.4 is 0 Å². The molecule has 3 rings (SSSR count). The second-order valence-electron chi connectivity index (χ2n) is 4.61. The SMILES string of the molecule is O=C(CCN1CCOCC1)c1nc2ccccc2s1. The van der Waals surface area contributed by atoms with Gasteiger partial charge < -0.3 is 4.74 Å². The van der Waals surface area contributed by atoms with Crippen molar-refractivity contribution in [1.29, 1.82) is 0 Å². The Morgan fingerprint density at radius 3 is 2.89 bits per heavy atom. The Morgan fingerprint density at radius 1 is 1.32 bits per heavy atom.